The van der Waals surface area contributed by atoms with Crippen molar-refractivity contribution in [3.63, 3.8) is 0 Å². The first kappa shape index (κ1) is 31.3. The van der Waals surface area contributed by atoms with E-state index in [9.17, 15) is 10.2 Å². The van der Waals surface area contributed by atoms with E-state index in [1.54, 1.807) is 31.6 Å². The molecule has 208 valence electrons. The van der Waals surface area contributed by atoms with Gasteiger partial charge in [-0.15, -0.1) is 0 Å². The number of hydrogen-bond acceptors (Lipinski definition) is 6. The maximum absolute atomic E-state index is 10.1. The third kappa shape index (κ3) is 11.5. The largest absolute Gasteiger partial charge is 0.488 e. The minimum Gasteiger partial charge on any atom is -0.488 e. The lowest BCUT2D eigenvalue weighted by atomic mass is 10.1. The zero-order valence-electron chi connectivity index (χ0n) is 22.3. The molecule has 0 saturated carbocycles. The van der Waals surface area contributed by atoms with E-state index in [0.29, 0.717) is 12.2 Å². The summed E-state index contributed by atoms with van der Waals surface area (Å²) in [7, 11) is 0. The van der Waals surface area contributed by atoms with Gasteiger partial charge in [-0.2, -0.15) is 0 Å². The lowest BCUT2D eigenvalue weighted by Gasteiger charge is -2.20. The molecule has 2 aromatic heterocycles. The Balaban J connectivity index is 0.000000220. The zero-order valence-corrected chi connectivity index (χ0v) is 25.5. The van der Waals surface area contributed by atoms with Gasteiger partial charge in [0.1, 0.15) is 23.7 Å². The second kappa shape index (κ2) is 16.8. The van der Waals surface area contributed by atoms with Crippen LogP contribution in [0.4, 0.5) is 0 Å². The molecular weight excluding hydrogens is 636 g/mol. The quantitative estimate of drug-likeness (QED) is 0.195. The van der Waals surface area contributed by atoms with Gasteiger partial charge in [0, 0.05) is 39.3 Å². The predicted octanol–water partition coefficient (Wildman–Crippen LogP) is 6.63. The summed E-state index contributed by atoms with van der Waals surface area (Å²) in [5.41, 5.74) is 1.89. The molecule has 0 aliphatic rings. The van der Waals surface area contributed by atoms with Gasteiger partial charge in [-0.25, -0.2) is 0 Å². The number of halogens is 2. The first-order valence-electron chi connectivity index (χ1n) is 12.8. The summed E-state index contributed by atoms with van der Waals surface area (Å²) in [5.74, 6) is 7.09. The maximum atomic E-state index is 10.1. The van der Waals surface area contributed by atoms with Crippen molar-refractivity contribution in [2.24, 2.45) is 0 Å². The molecular formula is C32H32Br2N2O4. The Bertz CT molecular complexity index is 1330. The van der Waals surface area contributed by atoms with Crippen molar-refractivity contribution in [3.8, 4) is 23.3 Å². The van der Waals surface area contributed by atoms with Gasteiger partial charge in [0.25, 0.3) is 0 Å². The van der Waals surface area contributed by atoms with Crippen LogP contribution in [-0.2, 0) is 6.42 Å². The van der Waals surface area contributed by atoms with E-state index in [0.717, 1.165) is 32.2 Å². The molecule has 0 fully saturated rings. The second-order valence-electron chi connectivity index (χ2n) is 8.98. The topological polar surface area (TPSA) is 84.7 Å². The molecule has 0 bridgehead atoms. The Labute approximate surface area is 252 Å². The Morgan fingerprint density at radius 2 is 1.30 bits per heavy atom. The SMILES string of the molecule is C[C@H](Oc1ccc(Br)cc1)C(O)C#Cc1cccnc1.C[C@H](Oc1ccc(Br)cc1)C(O)CCc1cccnc1. The van der Waals surface area contributed by atoms with Crippen molar-refractivity contribution < 1.29 is 19.7 Å². The van der Waals surface area contributed by atoms with Gasteiger partial charge in [-0.05, 0) is 99.0 Å². The van der Waals surface area contributed by atoms with Crippen LogP contribution >= 0.6 is 31.9 Å². The lowest BCUT2D eigenvalue weighted by Crippen LogP contribution is -2.29. The summed E-state index contributed by atoms with van der Waals surface area (Å²) < 4.78 is 13.4. The second-order valence-corrected chi connectivity index (χ2v) is 10.8. The molecule has 2 aromatic carbocycles. The number of pyridine rings is 2. The molecule has 4 rings (SSSR count). The zero-order chi connectivity index (χ0) is 28.7. The number of aliphatic hydroxyl groups is 2. The fourth-order valence-corrected chi connectivity index (χ4v) is 3.93. The van der Waals surface area contributed by atoms with Crippen LogP contribution in [0, 0.1) is 11.8 Å². The van der Waals surface area contributed by atoms with Crippen molar-refractivity contribution in [2.45, 2.75) is 51.1 Å². The van der Waals surface area contributed by atoms with Crippen LogP contribution in [-0.4, -0.2) is 44.6 Å². The molecule has 0 aliphatic heterocycles. The van der Waals surface area contributed by atoms with E-state index >= 15 is 0 Å². The summed E-state index contributed by atoms with van der Waals surface area (Å²) in [6, 6.07) is 22.6. The normalized spacial score (nSPS) is 13.3. The Morgan fingerprint density at radius 3 is 1.82 bits per heavy atom. The van der Waals surface area contributed by atoms with Crippen molar-refractivity contribution >= 4 is 31.9 Å². The first-order valence-corrected chi connectivity index (χ1v) is 14.4. The van der Waals surface area contributed by atoms with Crippen molar-refractivity contribution in [2.75, 3.05) is 0 Å². The van der Waals surface area contributed by atoms with Crippen LogP contribution in [0.25, 0.3) is 0 Å². The smallest absolute Gasteiger partial charge is 0.151 e. The highest BCUT2D eigenvalue weighted by Crippen LogP contribution is 2.20. The molecule has 0 radical (unpaired) electrons. The Kier molecular flexibility index (Phi) is 13.1. The van der Waals surface area contributed by atoms with Crippen LogP contribution in [0.5, 0.6) is 11.5 Å². The van der Waals surface area contributed by atoms with Gasteiger partial charge < -0.3 is 19.7 Å². The summed E-state index contributed by atoms with van der Waals surface area (Å²) in [4.78, 5) is 8.03. The third-order valence-corrected chi connectivity index (χ3v) is 6.79. The van der Waals surface area contributed by atoms with Gasteiger partial charge >= 0.3 is 0 Å². The molecule has 0 spiro atoms. The van der Waals surface area contributed by atoms with Gasteiger partial charge in [0.15, 0.2) is 6.10 Å². The summed E-state index contributed by atoms with van der Waals surface area (Å²) in [6.45, 7) is 3.67. The first-order chi connectivity index (χ1) is 19.3. The Morgan fingerprint density at radius 1 is 0.750 bits per heavy atom. The summed E-state index contributed by atoms with van der Waals surface area (Å²) >= 11 is 6.74. The van der Waals surface area contributed by atoms with Gasteiger partial charge in [0.2, 0.25) is 0 Å². The standard InChI is InChI=1S/C16H18BrNO2.C16H14BrNO2/c2*1-12(20-15-7-5-14(17)6-8-15)16(19)9-4-13-3-2-10-18-11-13/h2-3,5-8,10-12,16,19H,4,9H2,1H3;2-3,5-8,10-12,16,19H,1H3/t2*12-,16?/m00/s1. The number of aromatic nitrogens is 2. The highest BCUT2D eigenvalue weighted by atomic mass is 79.9. The highest BCUT2D eigenvalue weighted by Gasteiger charge is 2.16. The lowest BCUT2D eigenvalue weighted by molar-refractivity contribution is 0.0420. The molecule has 40 heavy (non-hydrogen) atoms. The molecule has 2 N–H and O–H groups in total. The van der Waals surface area contributed by atoms with Crippen LogP contribution < -0.4 is 9.47 Å². The van der Waals surface area contributed by atoms with E-state index < -0.39 is 18.3 Å². The molecule has 2 heterocycles. The van der Waals surface area contributed by atoms with Crippen LogP contribution in [0.1, 0.15) is 31.4 Å². The molecule has 6 nitrogen and oxygen atoms in total. The number of benzene rings is 2. The molecule has 0 saturated heterocycles. The van der Waals surface area contributed by atoms with E-state index in [2.05, 4.69) is 53.7 Å². The van der Waals surface area contributed by atoms with Crippen LogP contribution in [0.3, 0.4) is 0 Å². The molecule has 8 heteroatoms. The number of nitrogens with zero attached hydrogens (tertiary/aromatic N) is 2. The number of rotatable bonds is 9. The third-order valence-electron chi connectivity index (χ3n) is 5.74. The average molecular weight is 668 g/mol. The molecule has 4 aromatic rings. The van der Waals surface area contributed by atoms with Crippen LogP contribution in [0.15, 0.2) is 107 Å². The van der Waals surface area contributed by atoms with Crippen LogP contribution in [0.2, 0.25) is 0 Å². The average Bonchev–Trinajstić information content (AvgIpc) is 2.98. The number of aryl methyl sites for hydroxylation is 1. The van der Waals surface area contributed by atoms with E-state index in [-0.39, 0.29) is 6.10 Å². The monoisotopic (exact) mass is 666 g/mol. The number of hydrogen-bond donors (Lipinski definition) is 2. The fraction of sp³-hybridized carbons (Fsp3) is 0.250. The number of aliphatic hydroxyl groups excluding tert-OH is 2. The minimum atomic E-state index is -0.862. The molecule has 2 unspecified atom stereocenters. The molecule has 0 aliphatic carbocycles. The van der Waals surface area contributed by atoms with Gasteiger partial charge in [-0.1, -0.05) is 49.8 Å². The summed E-state index contributed by atoms with van der Waals surface area (Å²) in [5, 5.41) is 20.1. The number of ether oxygens (including phenoxy) is 2. The van der Waals surface area contributed by atoms with Crippen molar-refractivity contribution in [1.82, 2.24) is 9.97 Å². The molecule has 0 amide bonds. The highest BCUT2D eigenvalue weighted by molar-refractivity contribution is 9.10. The Hall–Kier alpha value is -3.22. The molecule has 4 atom stereocenters. The van der Waals surface area contributed by atoms with E-state index in [4.69, 9.17) is 9.47 Å². The van der Waals surface area contributed by atoms with Crippen molar-refractivity contribution in [3.05, 3.63) is 118 Å². The fourth-order valence-electron chi connectivity index (χ4n) is 3.41. The van der Waals surface area contributed by atoms with Crippen molar-refractivity contribution in [1.29, 1.82) is 0 Å². The summed E-state index contributed by atoms with van der Waals surface area (Å²) in [6.07, 6.45) is 6.34. The van der Waals surface area contributed by atoms with Gasteiger partial charge in [-0.3, -0.25) is 9.97 Å². The predicted molar refractivity (Wildman–Crippen MR) is 164 cm³/mol. The van der Waals surface area contributed by atoms with Gasteiger partial charge in [0.05, 0.1) is 6.10 Å². The maximum Gasteiger partial charge on any atom is 0.151 e. The van der Waals surface area contributed by atoms with E-state index in [1.807, 2.05) is 79.9 Å². The van der Waals surface area contributed by atoms with E-state index in [1.165, 1.54) is 0 Å². The minimum absolute atomic E-state index is 0.243.